The zero-order valence-corrected chi connectivity index (χ0v) is 16.6. The van der Waals surface area contributed by atoms with Crippen LogP contribution in [0.4, 0.5) is 15.8 Å². The lowest BCUT2D eigenvalue weighted by molar-refractivity contribution is -0.136. The van der Waals surface area contributed by atoms with E-state index in [1.165, 1.54) is 12.1 Å². The number of aryl methyl sites for hydroxylation is 1. The molecule has 0 saturated heterocycles. The molecule has 0 spiro atoms. The SMILES string of the molecule is O=C(O)CCc1ccc(-c2ccc(F)cc2)n1-c1ccc(N=Nc2ccccc2)cc1. The van der Waals surface area contributed by atoms with Crippen molar-refractivity contribution in [3.63, 3.8) is 0 Å². The molecule has 3 aromatic carbocycles. The second-order valence-corrected chi connectivity index (χ2v) is 7.00. The molecule has 4 rings (SSSR count). The van der Waals surface area contributed by atoms with Crippen molar-refractivity contribution >= 4 is 17.3 Å². The lowest BCUT2D eigenvalue weighted by Gasteiger charge is -2.14. The molecule has 4 aromatic rings. The summed E-state index contributed by atoms with van der Waals surface area (Å²) < 4.78 is 15.4. The van der Waals surface area contributed by atoms with E-state index < -0.39 is 5.97 Å². The number of hydrogen-bond donors (Lipinski definition) is 1. The Bertz CT molecular complexity index is 1200. The molecule has 0 fully saturated rings. The summed E-state index contributed by atoms with van der Waals surface area (Å²) in [6, 6.07) is 27.1. The van der Waals surface area contributed by atoms with Crippen LogP contribution < -0.4 is 0 Å². The molecule has 0 bridgehead atoms. The smallest absolute Gasteiger partial charge is 0.303 e. The third-order valence-corrected chi connectivity index (χ3v) is 4.84. The molecule has 154 valence electrons. The Hall–Kier alpha value is -4.06. The minimum atomic E-state index is -0.854. The van der Waals surface area contributed by atoms with Gasteiger partial charge in [-0.3, -0.25) is 4.79 Å². The number of carboxylic acids is 1. The zero-order valence-electron chi connectivity index (χ0n) is 16.6. The Kier molecular flexibility index (Phi) is 5.98. The van der Waals surface area contributed by atoms with Gasteiger partial charge in [0.1, 0.15) is 5.82 Å². The number of benzene rings is 3. The minimum absolute atomic E-state index is 0.0241. The third-order valence-electron chi connectivity index (χ3n) is 4.84. The maximum Gasteiger partial charge on any atom is 0.303 e. The Morgan fingerprint density at radius 1 is 0.806 bits per heavy atom. The van der Waals surface area contributed by atoms with Crippen molar-refractivity contribution in [3.05, 3.63) is 103 Å². The second-order valence-electron chi connectivity index (χ2n) is 7.00. The summed E-state index contributed by atoms with van der Waals surface area (Å²) in [5.74, 6) is -1.16. The van der Waals surface area contributed by atoms with Crippen LogP contribution >= 0.6 is 0 Å². The van der Waals surface area contributed by atoms with Crippen molar-refractivity contribution in [2.75, 3.05) is 0 Å². The first-order valence-electron chi connectivity index (χ1n) is 9.86. The van der Waals surface area contributed by atoms with E-state index in [-0.39, 0.29) is 12.2 Å². The van der Waals surface area contributed by atoms with E-state index >= 15 is 0 Å². The molecule has 31 heavy (non-hydrogen) atoms. The van der Waals surface area contributed by atoms with Gasteiger partial charge in [-0.15, -0.1) is 0 Å². The largest absolute Gasteiger partial charge is 0.481 e. The summed E-state index contributed by atoms with van der Waals surface area (Å²) in [5.41, 5.74) is 4.90. The fourth-order valence-corrected chi connectivity index (χ4v) is 3.34. The van der Waals surface area contributed by atoms with Crippen molar-refractivity contribution in [1.29, 1.82) is 0 Å². The van der Waals surface area contributed by atoms with Gasteiger partial charge in [0.05, 0.1) is 23.5 Å². The van der Waals surface area contributed by atoms with Gasteiger partial charge in [-0.05, 0) is 84.8 Å². The molecule has 0 aliphatic carbocycles. The number of rotatable bonds is 7. The highest BCUT2D eigenvalue weighted by Gasteiger charge is 2.13. The average Bonchev–Trinajstić information content (AvgIpc) is 3.22. The molecule has 0 amide bonds. The van der Waals surface area contributed by atoms with Gasteiger partial charge < -0.3 is 9.67 Å². The maximum absolute atomic E-state index is 13.4. The van der Waals surface area contributed by atoms with Gasteiger partial charge in [0.2, 0.25) is 0 Å². The van der Waals surface area contributed by atoms with Crippen LogP contribution in [0.5, 0.6) is 0 Å². The highest BCUT2D eigenvalue weighted by Crippen LogP contribution is 2.29. The van der Waals surface area contributed by atoms with E-state index in [9.17, 15) is 9.18 Å². The van der Waals surface area contributed by atoms with Gasteiger partial charge >= 0.3 is 5.97 Å². The van der Waals surface area contributed by atoms with E-state index in [4.69, 9.17) is 5.11 Å². The van der Waals surface area contributed by atoms with Gasteiger partial charge in [-0.1, -0.05) is 18.2 Å². The number of azo groups is 1. The summed E-state index contributed by atoms with van der Waals surface area (Å²) >= 11 is 0. The number of halogens is 1. The van der Waals surface area contributed by atoms with E-state index in [1.54, 1.807) is 12.1 Å². The lowest BCUT2D eigenvalue weighted by Crippen LogP contribution is -2.05. The minimum Gasteiger partial charge on any atom is -0.481 e. The molecule has 0 aliphatic rings. The van der Waals surface area contributed by atoms with Crippen molar-refractivity contribution in [1.82, 2.24) is 4.57 Å². The van der Waals surface area contributed by atoms with Crippen LogP contribution in [0.15, 0.2) is 101 Å². The molecular formula is C25H20FN3O2. The fourth-order valence-electron chi connectivity index (χ4n) is 3.34. The lowest BCUT2D eigenvalue weighted by atomic mass is 10.1. The number of carboxylic acid groups (broad SMARTS) is 1. The topological polar surface area (TPSA) is 66.9 Å². The van der Waals surface area contributed by atoms with Crippen LogP contribution in [-0.4, -0.2) is 15.6 Å². The van der Waals surface area contributed by atoms with Gasteiger partial charge in [0, 0.05) is 11.4 Å². The maximum atomic E-state index is 13.4. The molecule has 0 radical (unpaired) electrons. The van der Waals surface area contributed by atoms with E-state index in [1.807, 2.05) is 71.3 Å². The third kappa shape index (κ3) is 4.93. The van der Waals surface area contributed by atoms with E-state index in [0.29, 0.717) is 12.1 Å². The molecule has 0 unspecified atom stereocenters. The van der Waals surface area contributed by atoms with E-state index in [2.05, 4.69) is 10.2 Å². The predicted octanol–water partition coefficient (Wildman–Crippen LogP) is 6.72. The van der Waals surface area contributed by atoms with Crippen molar-refractivity contribution in [3.8, 4) is 16.9 Å². The molecule has 1 N–H and O–H groups in total. The Morgan fingerprint density at radius 3 is 2.10 bits per heavy atom. The van der Waals surface area contributed by atoms with Crippen molar-refractivity contribution < 1.29 is 14.3 Å². The summed E-state index contributed by atoms with van der Waals surface area (Å²) in [4.78, 5) is 11.1. The number of hydrogen-bond acceptors (Lipinski definition) is 3. The molecule has 6 heteroatoms. The normalized spacial score (nSPS) is 11.1. The average molecular weight is 413 g/mol. The fraction of sp³-hybridized carbons (Fsp3) is 0.0800. The number of nitrogens with zero attached hydrogens (tertiary/aromatic N) is 3. The van der Waals surface area contributed by atoms with Crippen LogP contribution in [0.25, 0.3) is 16.9 Å². The predicted molar refractivity (Wildman–Crippen MR) is 118 cm³/mol. The summed E-state index contributed by atoms with van der Waals surface area (Å²) in [6.45, 7) is 0. The van der Waals surface area contributed by atoms with Crippen LogP contribution in [-0.2, 0) is 11.2 Å². The Balaban J connectivity index is 1.68. The number of aromatic nitrogens is 1. The summed E-state index contributed by atoms with van der Waals surface area (Å²) in [7, 11) is 0. The molecule has 0 saturated carbocycles. The van der Waals surface area contributed by atoms with Crippen LogP contribution in [0.2, 0.25) is 0 Å². The highest BCUT2D eigenvalue weighted by atomic mass is 19.1. The molecule has 5 nitrogen and oxygen atoms in total. The van der Waals surface area contributed by atoms with Gasteiger partial charge in [0.25, 0.3) is 0 Å². The Labute approximate surface area is 179 Å². The standard InChI is InChI=1S/C25H20FN3O2/c26-19-8-6-18(7-9-19)24-16-14-23(15-17-25(30)31)29(24)22-12-10-21(11-13-22)28-27-20-4-2-1-3-5-20/h1-14,16H,15,17H2,(H,30,31). The van der Waals surface area contributed by atoms with Gasteiger partial charge in [0.15, 0.2) is 0 Å². The van der Waals surface area contributed by atoms with E-state index in [0.717, 1.165) is 28.3 Å². The van der Waals surface area contributed by atoms with Gasteiger partial charge in [-0.25, -0.2) is 4.39 Å². The number of carbonyl (C=O) groups is 1. The summed E-state index contributed by atoms with van der Waals surface area (Å²) in [5, 5.41) is 17.6. The zero-order chi connectivity index (χ0) is 21.6. The quantitative estimate of drug-likeness (QED) is 0.342. The highest BCUT2D eigenvalue weighted by molar-refractivity contribution is 5.68. The molecule has 0 atom stereocenters. The number of aliphatic carboxylic acids is 1. The molecule has 0 aliphatic heterocycles. The molecule has 1 heterocycles. The second kappa shape index (κ2) is 9.17. The first kappa shape index (κ1) is 20.2. The van der Waals surface area contributed by atoms with Crippen LogP contribution in [0.1, 0.15) is 12.1 Å². The molecule has 1 aromatic heterocycles. The molecular weight excluding hydrogens is 393 g/mol. The first-order chi connectivity index (χ1) is 15.1. The Morgan fingerprint density at radius 2 is 1.45 bits per heavy atom. The summed E-state index contributed by atoms with van der Waals surface area (Å²) in [6.07, 6.45) is 0.405. The van der Waals surface area contributed by atoms with Crippen LogP contribution in [0.3, 0.4) is 0 Å². The van der Waals surface area contributed by atoms with Gasteiger partial charge in [-0.2, -0.15) is 10.2 Å². The van der Waals surface area contributed by atoms with Crippen molar-refractivity contribution in [2.24, 2.45) is 10.2 Å². The van der Waals surface area contributed by atoms with Crippen LogP contribution in [0, 0.1) is 5.82 Å². The first-order valence-corrected chi connectivity index (χ1v) is 9.86. The monoisotopic (exact) mass is 413 g/mol. The van der Waals surface area contributed by atoms with Crippen molar-refractivity contribution in [2.45, 2.75) is 12.8 Å².